The predicted octanol–water partition coefficient (Wildman–Crippen LogP) is 3.88. The van der Waals surface area contributed by atoms with Crippen molar-refractivity contribution >= 4 is 23.3 Å². The summed E-state index contributed by atoms with van der Waals surface area (Å²) in [4.78, 5) is 11.1. The van der Waals surface area contributed by atoms with E-state index >= 15 is 0 Å². The van der Waals surface area contributed by atoms with Crippen molar-refractivity contribution in [1.82, 2.24) is 0 Å². The Bertz CT molecular complexity index is 424. The molecule has 0 aliphatic rings. The summed E-state index contributed by atoms with van der Waals surface area (Å²) in [6.07, 6.45) is 3.31. The standard InChI is InChI=1S/C15H22ClNO3/c1-3-20-15(18)7-5-4-6-10-17-14-11-12(19-2)8-9-13(14)16/h8-9,11,17H,3-7,10H2,1-2H3. The molecule has 0 aromatic heterocycles. The number of benzene rings is 1. The van der Waals surface area contributed by atoms with Crippen LogP contribution in [0.4, 0.5) is 5.69 Å². The number of anilines is 1. The highest BCUT2D eigenvalue weighted by atomic mass is 35.5. The van der Waals surface area contributed by atoms with Crippen molar-refractivity contribution in [2.75, 3.05) is 25.6 Å². The van der Waals surface area contributed by atoms with Gasteiger partial charge in [0.15, 0.2) is 0 Å². The molecule has 0 radical (unpaired) electrons. The Morgan fingerprint density at radius 3 is 2.80 bits per heavy atom. The predicted molar refractivity (Wildman–Crippen MR) is 81.6 cm³/mol. The summed E-state index contributed by atoms with van der Waals surface area (Å²) < 4.78 is 10.0. The molecule has 1 aromatic rings. The summed E-state index contributed by atoms with van der Waals surface area (Å²) in [6, 6.07) is 5.51. The molecule has 1 N–H and O–H groups in total. The molecule has 0 amide bonds. The third-order valence-electron chi connectivity index (χ3n) is 2.85. The van der Waals surface area contributed by atoms with Crippen molar-refractivity contribution in [3.63, 3.8) is 0 Å². The number of hydrogen-bond acceptors (Lipinski definition) is 4. The number of ether oxygens (including phenoxy) is 2. The average molecular weight is 300 g/mol. The minimum absolute atomic E-state index is 0.115. The lowest BCUT2D eigenvalue weighted by Crippen LogP contribution is -2.05. The summed E-state index contributed by atoms with van der Waals surface area (Å²) in [5, 5.41) is 3.95. The second kappa shape index (κ2) is 9.48. The van der Waals surface area contributed by atoms with Crippen LogP contribution < -0.4 is 10.1 Å². The number of rotatable bonds is 9. The van der Waals surface area contributed by atoms with Crippen LogP contribution in [0.25, 0.3) is 0 Å². The Balaban J connectivity index is 2.19. The Hall–Kier alpha value is -1.42. The van der Waals surface area contributed by atoms with Gasteiger partial charge in [-0.05, 0) is 31.9 Å². The van der Waals surface area contributed by atoms with Gasteiger partial charge in [0.25, 0.3) is 0 Å². The highest BCUT2D eigenvalue weighted by Crippen LogP contribution is 2.26. The minimum atomic E-state index is -0.115. The fourth-order valence-corrected chi connectivity index (χ4v) is 1.98. The van der Waals surface area contributed by atoms with Crippen molar-refractivity contribution in [2.24, 2.45) is 0 Å². The quantitative estimate of drug-likeness (QED) is 0.555. The number of halogens is 1. The van der Waals surface area contributed by atoms with Gasteiger partial charge in [-0.1, -0.05) is 18.0 Å². The molecule has 0 saturated carbocycles. The Morgan fingerprint density at radius 1 is 1.30 bits per heavy atom. The molecule has 0 bridgehead atoms. The van der Waals surface area contributed by atoms with E-state index in [2.05, 4.69) is 5.32 Å². The number of hydrogen-bond donors (Lipinski definition) is 1. The summed E-state index contributed by atoms with van der Waals surface area (Å²) >= 11 is 6.09. The van der Waals surface area contributed by atoms with Crippen LogP contribution in [0, 0.1) is 0 Å². The van der Waals surface area contributed by atoms with Crippen molar-refractivity contribution in [3.05, 3.63) is 23.2 Å². The number of nitrogens with one attached hydrogen (secondary N) is 1. The smallest absolute Gasteiger partial charge is 0.305 e. The number of methoxy groups -OCH3 is 1. The summed E-state index contributed by atoms with van der Waals surface area (Å²) in [5.74, 6) is 0.663. The van der Waals surface area contributed by atoms with E-state index in [1.807, 2.05) is 25.1 Å². The minimum Gasteiger partial charge on any atom is -0.497 e. The van der Waals surface area contributed by atoms with Crippen LogP contribution in [-0.4, -0.2) is 26.2 Å². The Morgan fingerprint density at radius 2 is 2.10 bits per heavy atom. The van der Waals surface area contributed by atoms with Gasteiger partial charge in [-0.2, -0.15) is 0 Å². The van der Waals surface area contributed by atoms with Gasteiger partial charge >= 0.3 is 5.97 Å². The van der Waals surface area contributed by atoms with Gasteiger partial charge < -0.3 is 14.8 Å². The largest absolute Gasteiger partial charge is 0.497 e. The molecule has 0 aliphatic carbocycles. The van der Waals surface area contributed by atoms with E-state index in [-0.39, 0.29) is 5.97 Å². The normalized spacial score (nSPS) is 10.2. The van der Waals surface area contributed by atoms with Crippen LogP contribution in [0.5, 0.6) is 5.75 Å². The molecule has 0 spiro atoms. The average Bonchev–Trinajstić information content (AvgIpc) is 2.44. The molecule has 1 aromatic carbocycles. The first-order chi connectivity index (χ1) is 9.67. The second-order valence-corrected chi connectivity index (χ2v) is 4.80. The van der Waals surface area contributed by atoms with Gasteiger partial charge in [0.1, 0.15) is 5.75 Å². The summed E-state index contributed by atoms with van der Waals surface area (Å²) in [7, 11) is 1.63. The first-order valence-electron chi connectivity index (χ1n) is 6.90. The molecule has 20 heavy (non-hydrogen) atoms. The van der Waals surface area contributed by atoms with E-state index < -0.39 is 0 Å². The van der Waals surface area contributed by atoms with Crippen LogP contribution in [0.15, 0.2) is 18.2 Å². The lowest BCUT2D eigenvalue weighted by Gasteiger charge is -2.10. The van der Waals surface area contributed by atoms with E-state index in [1.165, 1.54) is 0 Å². The zero-order chi connectivity index (χ0) is 14.8. The van der Waals surface area contributed by atoms with Crippen molar-refractivity contribution in [3.8, 4) is 5.75 Å². The number of unbranched alkanes of at least 4 members (excludes halogenated alkanes) is 2. The topological polar surface area (TPSA) is 47.6 Å². The van der Waals surface area contributed by atoms with Gasteiger partial charge in [0, 0.05) is 19.0 Å². The van der Waals surface area contributed by atoms with Crippen molar-refractivity contribution in [1.29, 1.82) is 0 Å². The molecule has 0 aliphatic heterocycles. The maximum atomic E-state index is 11.1. The van der Waals surface area contributed by atoms with E-state index in [4.69, 9.17) is 21.1 Å². The highest BCUT2D eigenvalue weighted by molar-refractivity contribution is 6.33. The molecular weight excluding hydrogens is 278 g/mol. The Labute approximate surface area is 125 Å². The van der Waals surface area contributed by atoms with Gasteiger partial charge in [0.2, 0.25) is 0 Å². The molecule has 4 nitrogen and oxygen atoms in total. The van der Waals surface area contributed by atoms with E-state index in [0.717, 1.165) is 37.2 Å². The molecule has 0 heterocycles. The molecule has 0 unspecified atom stereocenters. The van der Waals surface area contributed by atoms with Gasteiger partial charge in [-0.3, -0.25) is 4.79 Å². The van der Waals surface area contributed by atoms with E-state index in [9.17, 15) is 4.79 Å². The van der Waals surface area contributed by atoms with Crippen LogP contribution in [0.1, 0.15) is 32.6 Å². The number of carbonyl (C=O) groups is 1. The molecule has 1 rings (SSSR count). The van der Waals surface area contributed by atoms with E-state index in [1.54, 1.807) is 7.11 Å². The molecule has 112 valence electrons. The van der Waals surface area contributed by atoms with Gasteiger partial charge in [0.05, 0.1) is 24.4 Å². The van der Waals surface area contributed by atoms with Crippen LogP contribution in [0.3, 0.4) is 0 Å². The second-order valence-electron chi connectivity index (χ2n) is 4.39. The molecule has 0 fully saturated rings. The summed E-state index contributed by atoms with van der Waals surface area (Å²) in [6.45, 7) is 3.09. The monoisotopic (exact) mass is 299 g/mol. The maximum absolute atomic E-state index is 11.1. The van der Waals surface area contributed by atoms with Crippen LogP contribution in [-0.2, 0) is 9.53 Å². The molecular formula is C15H22ClNO3. The van der Waals surface area contributed by atoms with Crippen LogP contribution >= 0.6 is 11.6 Å². The zero-order valence-corrected chi connectivity index (χ0v) is 12.8. The van der Waals surface area contributed by atoms with Gasteiger partial charge in [-0.15, -0.1) is 0 Å². The molecule has 0 atom stereocenters. The fraction of sp³-hybridized carbons (Fsp3) is 0.533. The summed E-state index contributed by atoms with van der Waals surface area (Å²) in [5.41, 5.74) is 0.872. The Kier molecular flexibility index (Phi) is 7.88. The van der Waals surface area contributed by atoms with Gasteiger partial charge in [-0.25, -0.2) is 0 Å². The maximum Gasteiger partial charge on any atom is 0.305 e. The number of esters is 1. The molecule has 0 saturated heterocycles. The number of carbonyl (C=O) groups excluding carboxylic acids is 1. The first kappa shape index (κ1) is 16.6. The lowest BCUT2D eigenvalue weighted by molar-refractivity contribution is -0.143. The fourth-order valence-electron chi connectivity index (χ4n) is 1.79. The van der Waals surface area contributed by atoms with Crippen molar-refractivity contribution < 1.29 is 14.3 Å². The third kappa shape index (κ3) is 6.15. The zero-order valence-electron chi connectivity index (χ0n) is 12.1. The SMILES string of the molecule is CCOC(=O)CCCCCNc1cc(OC)ccc1Cl. The molecule has 5 heteroatoms. The third-order valence-corrected chi connectivity index (χ3v) is 3.18. The van der Waals surface area contributed by atoms with E-state index in [0.29, 0.717) is 18.1 Å². The highest BCUT2D eigenvalue weighted by Gasteiger charge is 2.03. The first-order valence-corrected chi connectivity index (χ1v) is 7.28. The van der Waals surface area contributed by atoms with Crippen LogP contribution in [0.2, 0.25) is 5.02 Å². The van der Waals surface area contributed by atoms with Crippen molar-refractivity contribution in [2.45, 2.75) is 32.6 Å². The lowest BCUT2D eigenvalue weighted by atomic mass is 10.2.